The summed E-state index contributed by atoms with van der Waals surface area (Å²) >= 11 is 0. The third-order valence-corrected chi connectivity index (χ3v) is 4.95. The molecule has 2 heterocycles. The van der Waals surface area contributed by atoms with Crippen LogP contribution in [0.5, 0.6) is 0 Å². The van der Waals surface area contributed by atoms with E-state index in [9.17, 15) is 43.9 Å². The fraction of sp³-hybridized carbons (Fsp3) is 0.0455. The Morgan fingerprint density at radius 1 is 0.647 bits per heavy atom. The molecule has 0 saturated heterocycles. The Morgan fingerprint density at radius 3 is 1.65 bits per heavy atom. The molecule has 0 spiro atoms. The normalized spacial score (nSPS) is 14.4. The summed E-state index contributed by atoms with van der Waals surface area (Å²) in [6.45, 7) is 0. The number of hydrogen-bond acceptors (Lipinski definition) is 1. The van der Waals surface area contributed by atoms with Gasteiger partial charge in [-0.25, -0.2) is 43.9 Å². The minimum absolute atomic E-state index is 0.203. The number of benzene rings is 2. The molecule has 0 bridgehead atoms. The van der Waals surface area contributed by atoms with E-state index in [0.717, 1.165) is 12.1 Å². The van der Waals surface area contributed by atoms with Crippen LogP contribution < -0.4 is 0 Å². The molecule has 0 radical (unpaired) electrons. The van der Waals surface area contributed by atoms with Crippen LogP contribution in [0.15, 0.2) is 35.0 Å². The number of aromatic amines is 1. The Hall–Kier alpha value is -3.83. The highest BCUT2D eigenvalue weighted by molar-refractivity contribution is 5.88. The van der Waals surface area contributed by atoms with Crippen molar-refractivity contribution in [1.29, 1.82) is 0 Å². The number of nitrogens with zero attached hydrogens (tertiary/aromatic N) is 1. The fourth-order valence-electron chi connectivity index (χ4n) is 3.36. The van der Waals surface area contributed by atoms with Gasteiger partial charge in [0.1, 0.15) is 0 Å². The second-order valence-electron chi connectivity index (χ2n) is 6.96. The smallest absolute Gasteiger partial charge is 0.200 e. The third-order valence-electron chi connectivity index (χ3n) is 4.95. The molecule has 2 aromatic carbocycles. The Bertz CT molecular complexity index is 1360. The topological polar surface area (TPSA) is 28.1 Å². The molecule has 3 aromatic rings. The monoisotopic (exact) mass is 490 g/mol. The first-order valence-corrected chi connectivity index (χ1v) is 9.19. The molecule has 1 aromatic heterocycles. The van der Waals surface area contributed by atoms with Crippen LogP contribution in [0.2, 0.25) is 0 Å². The van der Waals surface area contributed by atoms with E-state index in [1.54, 1.807) is 0 Å². The third kappa shape index (κ3) is 3.58. The maximum Gasteiger partial charge on any atom is 0.200 e. The molecular formula is C22H8F10N2. The number of aliphatic imine (C=N–C) groups is 1. The van der Waals surface area contributed by atoms with Gasteiger partial charge < -0.3 is 4.98 Å². The molecule has 4 rings (SSSR count). The maximum atomic E-state index is 14.5. The van der Waals surface area contributed by atoms with Crippen molar-refractivity contribution in [2.75, 3.05) is 0 Å². The minimum atomic E-state index is -2.38. The van der Waals surface area contributed by atoms with Gasteiger partial charge in [0.2, 0.25) is 11.6 Å². The highest BCUT2D eigenvalue weighted by atomic mass is 19.2. The summed E-state index contributed by atoms with van der Waals surface area (Å²) in [5, 5.41) is 0. The molecule has 0 aliphatic carbocycles. The number of aromatic nitrogens is 1. The van der Waals surface area contributed by atoms with E-state index in [4.69, 9.17) is 0 Å². The summed E-state index contributed by atoms with van der Waals surface area (Å²) in [4.78, 5) is 6.24. The second-order valence-corrected chi connectivity index (χ2v) is 6.96. The van der Waals surface area contributed by atoms with Gasteiger partial charge in [-0.05, 0) is 24.3 Å². The van der Waals surface area contributed by atoms with E-state index in [1.165, 1.54) is 18.4 Å². The first kappa shape index (κ1) is 23.3. The van der Waals surface area contributed by atoms with E-state index < -0.39 is 81.3 Å². The number of rotatable bonds is 4. The predicted molar refractivity (Wildman–Crippen MR) is 99.7 cm³/mol. The molecule has 176 valence electrons. The summed E-state index contributed by atoms with van der Waals surface area (Å²) in [5.41, 5.74) is -3.87. The highest BCUT2D eigenvalue weighted by Gasteiger charge is 2.31. The number of nitrogens with one attached hydrogen (secondary N) is 1. The van der Waals surface area contributed by atoms with Gasteiger partial charge in [0.25, 0.3) is 0 Å². The van der Waals surface area contributed by atoms with Crippen molar-refractivity contribution in [3.05, 3.63) is 111 Å². The summed E-state index contributed by atoms with van der Waals surface area (Å²) in [6, 6.07) is 2.13. The van der Waals surface area contributed by atoms with Gasteiger partial charge in [0.05, 0.1) is 11.3 Å². The molecule has 0 saturated carbocycles. The Morgan fingerprint density at radius 2 is 1.15 bits per heavy atom. The molecule has 0 fully saturated rings. The van der Waals surface area contributed by atoms with E-state index in [0.29, 0.717) is 0 Å². The second kappa shape index (κ2) is 8.50. The highest BCUT2D eigenvalue weighted by Crippen LogP contribution is 2.36. The van der Waals surface area contributed by atoms with Crippen molar-refractivity contribution in [2.24, 2.45) is 4.99 Å². The van der Waals surface area contributed by atoms with Crippen molar-refractivity contribution < 1.29 is 43.9 Å². The van der Waals surface area contributed by atoms with Crippen LogP contribution in [0, 0.1) is 58.2 Å². The van der Waals surface area contributed by atoms with E-state index in [1.807, 2.05) is 0 Å². The van der Waals surface area contributed by atoms with Crippen LogP contribution in [0.1, 0.15) is 22.5 Å². The van der Waals surface area contributed by atoms with Gasteiger partial charge in [0, 0.05) is 35.2 Å². The van der Waals surface area contributed by atoms with Crippen molar-refractivity contribution in [3.63, 3.8) is 0 Å². The van der Waals surface area contributed by atoms with Crippen LogP contribution in [-0.2, 0) is 6.42 Å². The van der Waals surface area contributed by atoms with Crippen LogP contribution in [0.25, 0.3) is 5.57 Å². The van der Waals surface area contributed by atoms with Gasteiger partial charge in [-0.2, -0.15) is 0 Å². The first-order chi connectivity index (χ1) is 16.0. The molecule has 0 amide bonds. The van der Waals surface area contributed by atoms with E-state index in [2.05, 4.69) is 9.98 Å². The van der Waals surface area contributed by atoms with Crippen LogP contribution in [0.4, 0.5) is 43.9 Å². The number of allylic oxidation sites excluding steroid dienone is 2. The van der Waals surface area contributed by atoms with E-state index in [-0.39, 0.29) is 17.1 Å². The lowest BCUT2D eigenvalue weighted by Crippen LogP contribution is -2.09. The summed E-state index contributed by atoms with van der Waals surface area (Å²) in [6.07, 6.45) is 2.78. The van der Waals surface area contributed by atoms with Gasteiger partial charge >= 0.3 is 0 Å². The fourth-order valence-corrected chi connectivity index (χ4v) is 3.36. The first-order valence-electron chi connectivity index (χ1n) is 9.19. The SMILES string of the molecule is Fc1c(F)c(F)c(Cc2ccc(/C(=C3\C=CC=N3)c3c(F)c(F)c(F)c(F)c3F)[nH]2)c(F)c1F. The molecule has 1 N–H and O–H groups in total. The molecule has 1 aliphatic rings. The number of hydrogen-bond donors (Lipinski definition) is 1. The number of H-pyrrole nitrogens is 1. The maximum absolute atomic E-state index is 14.5. The van der Waals surface area contributed by atoms with Crippen molar-refractivity contribution in [3.8, 4) is 0 Å². The number of halogens is 10. The lowest BCUT2D eigenvalue weighted by Gasteiger charge is -2.13. The van der Waals surface area contributed by atoms with Gasteiger partial charge in [-0.15, -0.1) is 0 Å². The van der Waals surface area contributed by atoms with Crippen molar-refractivity contribution in [2.45, 2.75) is 6.42 Å². The lowest BCUT2D eigenvalue weighted by molar-refractivity contribution is 0.371. The molecule has 0 unspecified atom stereocenters. The molecule has 1 aliphatic heterocycles. The zero-order chi connectivity index (χ0) is 24.9. The quantitative estimate of drug-likeness (QED) is 0.249. The Labute approximate surface area is 183 Å². The van der Waals surface area contributed by atoms with Crippen LogP contribution >= 0.6 is 0 Å². The zero-order valence-corrected chi connectivity index (χ0v) is 16.3. The standard InChI is InChI=1S/C22H8F10N2/c23-13-8(14(24)18(28)21(31)17(13)27)6-7-3-4-10(34-7)11(9-2-1-5-33-9)12-15(25)19(29)22(32)20(30)16(12)26/h1-5,34H,6H2/b11-9-. The average Bonchev–Trinajstić information content (AvgIpc) is 3.52. The Kier molecular flexibility index (Phi) is 5.84. The van der Waals surface area contributed by atoms with Gasteiger partial charge in [-0.3, -0.25) is 4.99 Å². The molecule has 34 heavy (non-hydrogen) atoms. The predicted octanol–water partition coefficient (Wildman–Crippen LogP) is 6.40. The van der Waals surface area contributed by atoms with Gasteiger partial charge in [0.15, 0.2) is 46.5 Å². The lowest BCUT2D eigenvalue weighted by atomic mass is 9.98. The van der Waals surface area contributed by atoms with Crippen LogP contribution in [-0.4, -0.2) is 11.2 Å². The molecule has 2 nitrogen and oxygen atoms in total. The summed E-state index contributed by atoms with van der Waals surface area (Å²) < 4.78 is 138. The Balaban J connectivity index is 1.86. The summed E-state index contributed by atoms with van der Waals surface area (Å²) in [7, 11) is 0. The average molecular weight is 490 g/mol. The van der Waals surface area contributed by atoms with Crippen LogP contribution in [0.3, 0.4) is 0 Å². The zero-order valence-electron chi connectivity index (χ0n) is 16.3. The largest absolute Gasteiger partial charge is 0.358 e. The van der Waals surface area contributed by atoms with E-state index >= 15 is 0 Å². The van der Waals surface area contributed by atoms with Crippen molar-refractivity contribution >= 4 is 11.8 Å². The molecule has 0 atom stereocenters. The van der Waals surface area contributed by atoms with Crippen molar-refractivity contribution in [1.82, 2.24) is 4.98 Å². The van der Waals surface area contributed by atoms with Gasteiger partial charge in [-0.1, -0.05) is 0 Å². The minimum Gasteiger partial charge on any atom is -0.358 e. The molecular weight excluding hydrogens is 482 g/mol. The molecule has 12 heteroatoms. The summed E-state index contributed by atoms with van der Waals surface area (Å²) in [5.74, 6) is -22.0.